The van der Waals surface area contributed by atoms with Crippen molar-refractivity contribution in [3.05, 3.63) is 30.3 Å². The maximum Gasteiger partial charge on any atom is 0.243 e. The molecule has 1 aromatic carbocycles. The second-order valence-electron chi connectivity index (χ2n) is 10.3. The first-order valence-corrected chi connectivity index (χ1v) is 14.3. The SMILES string of the molecule is CC1CCN(C(=O)C2CCN(c3ccc4cc(S(=O)(=O)N5CCCCC5)ccc4n3)CC2)CC1. The number of hydrogen-bond donors (Lipinski definition) is 0. The molecule has 0 radical (unpaired) electrons. The van der Waals surface area contributed by atoms with E-state index in [0.717, 1.165) is 93.8 Å². The summed E-state index contributed by atoms with van der Waals surface area (Å²) in [5, 5.41) is 0.839. The summed E-state index contributed by atoms with van der Waals surface area (Å²) in [6.07, 6.45) is 6.91. The van der Waals surface area contributed by atoms with Crippen LogP contribution in [0.2, 0.25) is 0 Å². The van der Waals surface area contributed by atoms with Crippen molar-refractivity contribution in [3.8, 4) is 0 Å². The van der Waals surface area contributed by atoms with Gasteiger partial charge in [0.2, 0.25) is 15.9 Å². The monoisotopic (exact) mass is 484 g/mol. The largest absolute Gasteiger partial charge is 0.357 e. The molecule has 3 aliphatic heterocycles. The lowest BCUT2D eigenvalue weighted by Crippen LogP contribution is -2.45. The number of sulfonamides is 1. The number of carbonyl (C=O) groups excluding carboxylic acids is 1. The Hall–Kier alpha value is -2.19. The first-order valence-electron chi connectivity index (χ1n) is 12.9. The van der Waals surface area contributed by atoms with Gasteiger partial charge in [0.25, 0.3) is 0 Å². The molecule has 0 spiro atoms. The van der Waals surface area contributed by atoms with Crippen LogP contribution in [0.1, 0.15) is 51.9 Å². The lowest BCUT2D eigenvalue weighted by Gasteiger charge is -2.37. The van der Waals surface area contributed by atoms with Crippen LogP contribution in [0, 0.1) is 11.8 Å². The normalized spacial score (nSPS) is 21.8. The molecule has 0 saturated carbocycles. The molecule has 2 aromatic rings. The third kappa shape index (κ3) is 4.80. The van der Waals surface area contributed by atoms with Crippen LogP contribution in [0.4, 0.5) is 5.82 Å². The average molecular weight is 485 g/mol. The van der Waals surface area contributed by atoms with Gasteiger partial charge in [0.1, 0.15) is 5.82 Å². The van der Waals surface area contributed by atoms with Gasteiger partial charge in [0.05, 0.1) is 10.4 Å². The van der Waals surface area contributed by atoms with Crippen molar-refractivity contribution in [2.24, 2.45) is 11.8 Å². The van der Waals surface area contributed by atoms with Gasteiger partial charge in [-0.15, -0.1) is 0 Å². The molecule has 3 fully saturated rings. The summed E-state index contributed by atoms with van der Waals surface area (Å²) in [6.45, 7) is 6.93. The van der Waals surface area contributed by atoms with Gasteiger partial charge in [0, 0.05) is 50.6 Å². The molecule has 184 valence electrons. The van der Waals surface area contributed by atoms with E-state index in [4.69, 9.17) is 4.98 Å². The smallest absolute Gasteiger partial charge is 0.243 e. The summed E-state index contributed by atoms with van der Waals surface area (Å²) >= 11 is 0. The molecule has 34 heavy (non-hydrogen) atoms. The highest BCUT2D eigenvalue weighted by Gasteiger charge is 2.31. The summed E-state index contributed by atoms with van der Waals surface area (Å²) in [5.74, 6) is 2.08. The number of fused-ring (bicyclic) bond motifs is 1. The fourth-order valence-corrected chi connectivity index (χ4v) is 7.08. The predicted molar refractivity (Wildman–Crippen MR) is 134 cm³/mol. The van der Waals surface area contributed by atoms with Gasteiger partial charge in [-0.3, -0.25) is 4.79 Å². The van der Waals surface area contributed by atoms with Gasteiger partial charge in [-0.25, -0.2) is 13.4 Å². The van der Waals surface area contributed by atoms with Crippen LogP contribution in [0.15, 0.2) is 35.2 Å². The Bertz CT molecular complexity index is 1130. The molecule has 0 atom stereocenters. The van der Waals surface area contributed by atoms with Crippen molar-refractivity contribution >= 4 is 32.7 Å². The predicted octanol–water partition coefficient (Wildman–Crippen LogP) is 3.88. The molecular formula is C26H36N4O3S. The molecular weight excluding hydrogens is 448 g/mol. The highest BCUT2D eigenvalue weighted by molar-refractivity contribution is 7.89. The van der Waals surface area contributed by atoms with E-state index in [1.54, 1.807) is 16.4 Å². The fraction of sp³-hybridized carbons (Fsp3) is 0.615. The van der Waals surface area contributed by atoms with Crippen LogP contribution in [0.3, 0.4) is 0 Å². The summed E-state index contributed by atoms with van der Waals surface area (Å²) in [5.41, 5.74) is 0.802. The molecule has 0 N–H and O–H groups in total. The number of likely N-dealkylation sites (tertiary alicyclic amines) is 1. The van der Waals surface area contributed by atoms with Crippen molar-refractivity contribution in [1.82, 2.24) is 14.2 Å². The fourth-order valence-electron chi connectivity index (χ4n) is 5.53. The Morgan fingerprint density at radius 2 is 1.59 bits per heavy atom. The first kappa shape index (κ1) is 23.5. The Labute approximate surface area is 203 Å². The van der Waals surface area contributed by atoms with E-state index in [-0.39, 0.29) is 5.92 Å². The van der Waals surface area contributed by atoms with Crippen LogP contribution < -0.4 is 4.90 Å². The van der Waals surface area contributed by atoms with Crippen molar-refractivity contribution < 1.29 is 13.2 Å². The van der Waals surface area contributed by atoms with Gasteiger partial charge in [-0.05, 0) is 74.8 Å². The maximum atomic E-state index is 13.0. The van der Waals surface area contributed by atoms with Gasteiger partial charge in [-0.1, -0.05) is 13.3 Å². The van der Waals surface area contributed by atoms with E-state index in [2.05, 4.69) is 16.7 Å². The zero-order valence-corrected chi connectivity index (χ0v) is 21.0. The number of hydrogen-bond acceptors (Lipinski definition) is 5. The third-order valence-corrected chi connectivity index (χ3v) is 9.76. The van der Waals surface area contributed by atoms with Crippen LogP contribution in [0.5, 0.6) is 0 Å². The number of nitrogens with zero attached hydrogens (tertiary/aromatic N) is 4. The first-order chi connectivity index (χ1) is 16.4. The molecule has 0 aliphatic carbocycles. The van der Waals surface area contributed by atoms with E-state index in [9.17, 15) is 13.2 Å². The molecule has 7 nitrogen and oxygen atoms in total. The average Bonchev–Trinajstić information content (AvgIpc) is 2.88. The van der Waals surface area contributed by atoms with E-state index >= 15 is 0 Å². The Kier molecular flexibility index (Phi) is 6.80. The van der Waals surface area contributed by atoms with Crippen molar-refractivity contribution in [2.45, 2.75) is 56.8 Å². The van der Waals surface area contributed by atoms with Crippen LogP contribution in [-0.4, -0.2) is 67.8 Å². The molecule has 3 saturated heterocycles. The summed E-state index contributed by atoms with van der Waals surface area (Å²) in [7, 11) is -3.45. The van der Waals surface area contributed by atoms with Crippen LogP contribution in [0.25, 0.3) is 10.9 Å². The summed E-state index contributed by atoms with van der Waals surface area (Å²) in [4.78, 5) is 22.4. The zero-order valence-electron chi connectivity index (χ0n) is 20.2. The Morgan fingerprint density at radius 3 is 2.29 bits per heavy atom. The molecule has 3 aliphatic rings. The molecule has 0 bridgehead atoms. The maximum absolute atomic E-state index is 13.0. The zero-order chi connectivity index (χ0) is 23.7. The molecule has 8 heteroatoms. The van der Waals surface area contributed by atoms with Gasteiger partial charge in [-0.2, -0.15) is 4.31 Å². The second kappa shape index (κ2) is 9.82. The standard InChI is InChI=1S/C26H36N4O3S/c1-20-9-15-29(16-10-20)26(31)21-11-17-28(18-12-21)25-8-5-22-19-23(6-7-24(22)27-25)34(32,33)30-13-3-2-4-14-30/h5-8,19-21H,2-4,9-18H2,1H3. The number of aromatic nitrogens is 1. The Morgan fingerprint density at radius 1 is 0.882 bits per heavy atom. The van der Waals surface area contributed by atoms with E-state index in [1.807, 2.05) is 18.2 Å². The minimum Gasteiger partial charge on any atom is -0.357 e. The number of rotatable bonds is 4. The van der Waals surface area contributed by atoms with Crippen molar-refractivity contribution in [2.75, 3.05) is 44.2 Å². The molecule has 1 aromatic heterocycles. The lowest BCUT2D eigenvalue weighted by atomic mass is 9.92. The number of amides is 1. The highest BCUT2D eigenvalue weighted by atomic mass is 32.2. The third-order valence-electron chi connectivity index (χ3n) is 7.86. The number of carbonyl (C=O) groups is 1. The van der Waals surface area contributed by atoms with Gasteiger partial charge >= 0.3 is 0 Å². The minimum absolute atomic E-state index is 0.118. The quantitative estimate of drug-likeness (QED) is 0.658. The summed E-state index contributed by atoms with van der Waals surface area (Å²) < 4.78 is 27.7. The number of piperidine rings is 3. The Balaban J connectivity index is 1.24. The van der Waals surface area contributed by atoms with E-state index < -0.39 is 10.0 Å². The molecule has 0 unspecified atom stereocenters. The topological polar surface area (TPSA) is 73.8 Å². The molecule has 1 amide bonds. The number of anilines is 1. The molecule has 5 rings (SSSR count). The minimum atomic E-state index is -3.45. The van der Waals surface area contributed by atoms with E-state index in [1.165, 1.54) is 0 Å². The number of pyridine rings is 1. The molecule has 4 heterocycles. The van der Waals surface area contributed by atoms with Gasteiger partial charge < -0.3 is 9.80 Å². The van der Waals surface area contributed by atoms with Gasteiger partial charge in [0.15, 0.2) is 0 Å². The van der Waals surface area contributed by atoms with Crippen LogP contribution >= 0.6 is 0 Å². The lowest BCUT2D eigenvalue weighted by molar-refractivity contribution is -0.137. The van der Waals surface area contributed by atoms with Crippen molar-refractivity contribution in [3.63, 3.8) is 0 Å². The summed E-state index contributed by atoms with van der Waals surface area (Å²) in [6, 6.07) is 9.21. The van der Waals surface area contributed by atoms with E-state index in [0.29, 0.717) is 23.9 Å². The highest BCUT2D eigenvalue weighted by Crippen LogP contribution is 2.28. The van der Waals surface area contributed by atoms with Crippen LogP contribution in [-0.2, 0) is 14.8 Å². The second-order valence-corrected chi connectivity index (χ2v) is 12.2. The number of benzene rings is 1. The van der Waals surface area contributed by atoms with Crippen molar-refractivity contribution in [1.29, 1.82) is 0 Å².